The van der Waals surface area contributed by atoms with Crippen LogP contribution in [0.1, 0.15) is 36.2 Å². The van der Waals surface area contributed by atoms with Gasteiger partial charge in [0.2, 0.25) is 0 Å². The van der Waals surface area contributed by atoms with E-state index in [-0.39, 0.29) is 12.0 Å². The van der Waals surface area contributed by atoms with E-state index >= 15 is 0 Å². The Hall–Kier alpha value is -2.00. The highest BCUT2D eigenvalue weighted by atomic mass is 35.5. The Labute approximate surface area is 136 Å². The molecule has 1 N–H and O–H groups in total. The van der Waals surface area contributed by atoms with Gasteiger partial charge in [-0.15, -0.1) is 0 Å². The molecule has 1 unspecified atom stereocenters. The summed E-state index contributed by atoms with van der Waals surface area (Å²) in [6.45, 7) is 6.01. The third-order valence-corrected chi connectivity index (χ3v) is 3.71. The lowest BCUT2D eigenvalue weighted by Crippen LogP contribution is -2.13. The topological polar surface area (TPSA) is 38.3 Å². The van der Waals surface area contributed by atoms with Gasteiger partial charge in [-0.2, -0.15) is 0 Å². The van der Waals surface area contributed by atoms with Gasteiger partial charge in [-0.3, -0.25) is 4.79 Å². The summed E-state index contributed by atoms with van der Waals surface area (Å²) in [5.74, 6) is 0.602. The number of aryl methyl sites for hydroxylation is 1. The van der Waals surface area contributed by atoms with Crippen LogP contribution in [0.25, 0.3) is 0 Å². The molecule has 1 amide bonds. The molecule has 1 atom stereocenters. The molecule has 2 aromatic rings. The minimum atomic E-state index is -0.166. The summed E-state index contributed by atoms with van der Waals surface area (Å²) < 4.78 is 5.70. The summed E-state index contributed by atoms with van der Waals surface area (Å²) in [5, 5.41) is 3.47. The molecule has 0 fully saturated rings. The summed E-state index contributed by atoms with van der Waals surface area (Å²) in [7, 11) is 0. The molecule has 0 aliphatic carbocycles. The number of benzene rings is 2. The Morgan fingerprint density at radius 3 is 2.55 bits per heavy atom. The first-order valence-electron chi connectivity index (χ1n) is 7.34. The van der Waals surface area contributed by atoms with E-state index in [2.05, 4.69) is 12.2 Å². The first-order chi connectivity index (χ1) is 10.5. The van der Waals surface area contributed by atoms with Gasteiger partial charge in [0, 0.05) is 16.3 Å². The maximum Gasteiger partial charge on any atom is 0.255 e. The largest absolute Gasteiger partial charge is 0.491 e. The predicted molar refractivity (Wildman–Crippen MR) is 91.0 cm³/mol. The first kappa shape index (κ1) is 16.4. The summed E-state index contributed by atoms with van der Waals surface area (Å²) in [6, 6.07) is 12.6. The number of hydrogen-bond donors (Lipinski definition) is 1. The van der Waals surface area contributed by atoms with E-state index in [9.17, 15) is 4.79 Å². The van der Waals surface area contributed by atoms with Gasteiger partial charge in [0.05, 0.1) is 6.10 Å². The van der Waals surface area contributed by atoms with Crippen molar-refractivity contribution in [3.8, 4) is 5.75 Å². The van der Waals surface area contributed by atoms with Gasteiger partial charge in [-0.25, -0.2) is 0 Å². The molecule has 2 aromatic carbocycles. The fourth-order valence-electron chi connectivity index (χ4n) is 1.92. The van der Waals surface area contributed by atoms with E-state index in [4.69, 9.17) is 16.3 Å². The van der Waals surface area contributed by atoms with E-state index in [1.54, 1.807) is 24.3 Å². The van der Waals surface area contributed by atoms with Gasteiger partial charge in [0.25, 0.3) is 5.91 Å². The molecule has 0 radical (unpaired) electrons. The van der Waals surface area contributed by atoms with Gasteiger partial charge < -0.3 is 10.1 Å². The Balaban J connectivity index is 2.08. The standard InChI is InChI=1S/C18H20ClNO2/c1-4-13(3)22-16-9-6-14(7-10-16)18(21)20-17-11-15(19)8-5-12(17)2/h5-11,13H,4H2,1-3H3,(H,20,21). The van der Waals surface area contributed by atoms with Gasteiger partial charge in [-0.1, -0.05) is 24.6 Å². The van der Waals surface area contributed by atoms with E-state index in [1.807, 2.05) is 32.0 Å². The summed E-state index contributed by atoms with van der Waals surface area (Å²) >= 11 is 5.96. The molecule has 0 saturated carbocycles. The van der Waals surface area contributed by atoms with Crippen molar-refractivity contribution >= 4 is 23.2 Å². The number of ether oxygens (including phenoxy) is 1. The number of nitrogens with one attached hydrogen (secondary N) is 1. The molecule has 0 saturated heterocycles. The van der Waals surface area contributed by atoms with Gasteiger partial charge in [-0.05, 0) is 62.2 Å². The number of amides is 1. The number of carbonyl (C=O) groups is 1. The van der Waals surface area contributed by atoms with Crippen LogP contribution in [-0.4, -0.2) is 12.0 Å². The zero-order valence-corrected chi connectivity index (χ0v) is 13.8. The SMILES string of the molecule is CCC(C)Oc1ccc(C(=O)Nc2cc(Cl)ccc2C)cc1. The molecular weight excluding hydrogens is 298 g/mol. The van der Waals surface area contributed by atoms with Crippen LogP contribution in [0.5, 0.6) is 5.75 Å². The van der Waals surface area contributed by atoms with Gasteiger partial charge >= 0.3 is 0 Å². The number of anilines is 1. The van der Waals surface area contributed by atoms with Crippen molar-refractivity contribution in [1.29, 1.82) is 0 Å². The average molecular weight is 318 g/mol. The molecule has 0 heterocycles. The average Bonchev–Trinajstić information content (AvgIpc) is 2.51. The molecule has 22 heavy (non-hydrogen) atoms. The Morgan fingerprint density at radius 1 is 1.23 bits per heavy atom. The molecule has 3 nitrogen and oxygen atoms in total. The minimum Gasteiger partial charge on any atom is -0.491 e. The lowest BCUT2D eigenvalue weighted by Gasteiger charge is -2.13. The summed E-state index contributed by atoms with van der Waals surface area (Å²) in [5.41, 5.74) is 2.27. The normalized spacial score (nSPS) is 11.8. The second-order valence-corrected chi connectivity index (χ2v) is 5.71. The fraction of sp³-hybridized carbons (Fsp3) is 0.278. The van der Waals surface area contributed by atoms with Crippen LogP contribution in [0.2, 0.25) is 5.02 Å². The van der Waals surface area contributed by atoms with Crippen LogP contribution >= 0.6 is 11.6 Å². The lowest BCUT2D eigenvalue weighted by molar-refractivity contribution is 0.102. The van der Waals surface area contributed by atoms with Gasteiger partial charge in [0.1, 0.15) is 5.75 Å². The highest BCUT2D eigenvalue weighted by Gasteiger charge is 2.09. The quantitative estimate of drug-likeness (QED) is 0.835. The first-order valence-corrected chi connectivity index (χ1v) is 7.71. The molecule has 0 spiro atoms. The third-order valence-electron chi connectivity index (χ3n) is 3.48. The van der Waals surface area contributed by atoms with E-state index in [1.165, 1.54) is 0 Å². The van der Waals surface area contributed by atoms with Crippen LogP contribution in [0.4, 0.5) is 5.69 Å². The molecule has 2 rings (SSSR count). The zero-order chi connectivity index (χ0) is 16.1. The maximum atomic E-state index is 12.3. The number of rotatable bonds is 5. The van der Waals surface area contributed by atoms with Crippen LogP contribution in [0.3, 0.4) is 0 Å². The summed E-state index contributed by atoms with van der Waals surface area (Å²) in [6.07, 6.45) is 1.10. The number of hydrogen-bond acceptors (Lipinski definition) is 2. The monoisotopic (exact) mass is 317 g/mol. The van der Waals surface area contributed by atoms with E-state index < -0.39 is 0 Å². The highest BCUT2D eigenvalue weighted by molar-refractivity contribution is 6.31. The van der Waals surface area contributed by atoms with E-state index in [0.29, 0.717) is 10.6 Å². The Morgan fingerprint density at radius 2 is 1.91 bits per heavy atom. The zero-order valence-electron chi connectivity index (χ0n) is 13.0. The molecule has 0 bridgehead atoms. The van der Waals surface area contributed by atoms with Crippen LogP contribution in [0.15, 0.2) is 42.5 Å². The van der Waals surface area contributed by atoms with Crippen molar-refractivity contribution in [2.24, 2.45) is 0 Å². The highest BCUT2D eigenvalue weighted by Crippen LogP contribution is 2.21. The fourth-order valence-corrected chi connectivity index (χ4v) is 2.10. The maximum absolute atomic E-state index is 12.3. The predicted octanol–water partition coefficient (Wildman–Crippen LogP) is 5.08. The Kier molecular flexibility index (Phi) is 5.45. The molecule has 116 valence electrons. The van der Waals surface area contributed by atoms with Crippen LogP contribution in [-0.2, 0) is 0 Å². The lowest BCUT2D eigenvalue weighted by atomic mass is 10.1. The number of halogens is 1. The van der Waals surface area contributed by atoms with Crippen molar-refractivity contribution in [1.82, 2.24) is 0 Å². The number of carbonyl (C=O) groups excluding carboxylic acids is 1. The van der Waals surface area contributed by atoms with Gasteiger partial charge in [0.15, 0.2) is 0 Å². The second kappa shape index (κ2) is 7.32. The van der Waals surface area contributed by atoms with Crippen molar-refractivity contribution in [3.63, 3.8) is 0 Å². The van der Waals surface area contributed by atoms with Crippen LogP contribution in [0, 0.1) is 6.92 Å². The molecular formula is C18H20ClNO2. The molecule has 0 aliphatic rings. The van der Waals surface area contributed by atoms with Crippen LogP contribution < -0.4 is 10.1 Å². The second-order valence-electron chi connectivity index (χ2n) is 5.27. The van der Waals surface area contributed by atoms with E-state index in [0.717, 1.165) is 23.4 Å². The summed E-state index contributed by atoms with van der Waals surface area (Å²) in [4.78, 5) is 12.3. The van der Waals surface area contributed by atoms with Crippen molar-refractivity contribution in [2.75, 3.05) is 5.32 Å². The molecule has 0 aliphatic heterocycles. The van der Waals surface area contributed by atoms with Crippen molar-refractivity contribution < 1.29 is 9.53 Å². The smallest absolute Gasteiger partial charge is 0.255 e. The van der Waals surface area contributed by atoms with Crippen molar-refractivity contribution in [2.45, 2.75) is 33.3 Å². The van der Waals surface area contributed by atoms with Crippen molar-refractivity contribution in [3.05, 3.63) is 58.6 Å². The Bertz CT molecular complexity index is 653. The molecule has 4 heteroatoms. The molecule has 0 aromatic heterocycles. The third kappa shape index (κ3) is 4.25. The minimum absolute atomic E-state index is 0.161.